The van der Waals surface area contributed by atoms with Gasteiger partial charge in [0.1, 0.15) is 0 Å². The van der Waals surface area contributed by atoms with Crippen LogP contribution in [0.15, 0.2) is 24.4 Å². The quantitative estimate of drug-likeness (QED) is 0.781. The molecule has 0 aliphatic rings. The second kappa shape index (κ2) is 4.72. The van der Waals surface area contributed by atoms with Gasteiger partial charge >= 0.3 is 5.97 Å². The molecule has 1 atom stereocenters. The van der Waals surface area contributed by atoms with E-state index < -0.39 is 5.97 Å². The van der Waals surface area contributed by atoms with Gasteiger partial charge < -0.3 is 5.11 Å². The van der Waals surface area contributed by atoms with E-state index in [1.54, 1.807) is 18.1 Å². The molecule has 0 fully saturated rings. The molecule has 1 heterocycles. The van der Waals surface area contributed by atoms with E-state index in [0.717, 1.165) is 5.69 Å². The van der Waals surface area contributed by atoms with Crippen molar-refractivity contribution in [2.45, 2.75) is 13.0 Å². The van der Waals surface area contributed by atoms with Crippen LogP contribution in [0.5, 0.6) is 0 Å². The summed E-state index contributed by atoms with van der Waals surface area (Å²) in [6.45, 7) is 1.96. The van der Waals surface area contributed by atoms with Gasteiger partial charge in [-0.25, -0.2) is 0 Å². The standard InChI is InChI=1S/C10H14N2O2/c1-8(12(2)7-10(13)14)9-5-3-4-6-11-9/h3-6,8H,7H2,1-2H3,(H,13,14)/t8-/m0/s1. The molecule has 1 rings (SSSR count). The molecular weight excluding hydrogens is 180 g/mol. The molecule has 0 aliphatic heterocycles. The summed E-state index contributed by atoms with van der Waals surface area (Å²) in [5, 5.41) is 8.62. The van der Waals surface area contributed by atoms with Crippen LogP contribution in [0.3, 0.4) is 0 Å². The van der Waals surface area contributed by atoms with Crippen molar-refractivity contribution < 1.29 is 9.90 Å². The van der Waals surface area contributed by atoms with Crippen molar-refractivity contribution in [2.24, 2.45) is 0 Å². The van der Waals surface area contributed by atoms with Gasteiger partial charge in [-0.3, -0.25) is 14.7 Å². The first kappa shape index (κ1) is 10.7. The van der Waals surface area contributed by atoms with E-state index in [4.69, 9.17) is 5.11 Å². The van der Waals surface area contributed by atoms with Crippen molar-refractivity contribution in [2.75, 3.05) is 13.6 Å². The number of nitrogens with zero attached hydrogens (tertiary/aromatic N) is 2. The zero-order chi connectivity index (χ0) is 10.6. The van der Waals surface area contributed by atoms with E-state index in [0.29, 0.717) is 0 Å². The first-order valence-electron chi connectivity index (χ1n) is 4.44. The monoisotopic (exact) mass is 194 g/mol. The van der Waals surface area contributed by atoms with E-state index in [1.165, 1.54) is 0 Å². The maximum Gasteiger partial charge on any atom is 0.317 e. The second-order valence-electron chi connectivity index (χ2n) is 3.24. The first-order chi connectivity index (χ1) is 6.61. The molecule has 4 nitrogen and oxygen atoms in total. The molecule has 0 saturated heterocycles. The van der Waals surface area contributed by atoms with Crippen LogP contribution in [0, 0.1) is 0 Å². The number of carboxylic acids is 1. The Hall–Kier alpha value is -1.42. The maximum atomic E-state index is 10.5. The highest BCUT2D eigenvalue weighted by atomic mass is 16.4. The molecule has 0 aromatic carbocycles. The first-order valence-corrected chi connectivity index (χ1v) is 4.44. The van der Waals surface area contributed by atoms with Crippen LogP contribution in [0.1, 0.15) is 18.7 Å². The number of carboxylic acid groups (broad SMARTS) is 1. The number of hydrogen-bond donors (Lipinski definition) is 1. The normalized spacial score (nSPS) is 12.8. The lowest BCUT2D eigenvalue weighted by Crippen LogP contribution is -2.28. The van der Waals surface area contributed by atoms with Gasteiger partial charge in [0.25, 0.3) is 0 Å². The molecule has 0 unspecified atom stereocenters. The van der Waals surface area contributed by atoms with Crippen molar-refractivity contribution in [3.05, 3.63) is 30.1 Å². The summed E-state index contributed by atoms with van der Waals surface area (Å²) in [5.74, 6) is -0.824. The van der Waals surface area contributed by atoms with Crippen LogP contribution in [0.25, 0.3) is 0 Å². The molecule has 4 heteroatoms. The van der Waals surface area contributed by atoms with E-state index >= 15 is 0 Å². The van der Waals surface area contributed by atoms with Crippen molar-refractivity contribution in [3.63, 3.8) is 0 Å². The Morgan fingerprint density at radius 3 is 2.86 bits per heavy atom. The number of carbonyl (C=O) groups is 1. The second-order valence-corrected chi connectivity index (χ2v) is 3.24. The van der Waals surface area contributed by atoms with Crippen molar-refractivity contribution in [3.8, 4) is 0 Å². The molecule has 0 radical (unpaired) electrons. The molecule has 1 N–H and O–H groups in total. The number of aliphatic carboxylic acids is 1. The van der Waals surface area contributed by atoms with Gasteiger partial charge in [-0.15, -0.1) is 0 Å². The van der Waals surface area contributed by atoms with Gasteiger partial charge in [0.2, 0.25) is 0 Å². The summed E-state index contributed by atoms with van der Waals surface area (Å²) in [7, 11) is 1.77. The Kier molecular flexibility index (Phi) is 3.59. The van der Waals surface area contributed by atoms with E-state index in [1.807, 2.05) is 25.1 Å². The summed E-state index contributed by atoms with van der Waals surface area (Å²) in [6, 6.07) is 5.65. The minimum atomic E-state index is -0.824. The average molecular weight is 194 g/mol. The lowest BCUT2D eigenvalue weighted by atomic mass is 10.2. The van der Waals surface area contributed by atoms with Crippen LogP contribution < -0.4 is 0 Å². The molecule has 1 aromatic rings. The lowest BCUT2D eigenvalue weighted by Gasteiger charge is -2.21. The van der Waals surface area contributed by atoms with Crippen LogP contribution >= 0.6 is 0 Å². The molecule has 76 valence electrons. The summed E-state index contributed by atoms with van der Waals surface area (Å²) >= 11 is 0. The highest BCUT2D eigenvalue weighted by Gasteiger charge is 2.14. The molecule has 0 bridgehead atoms. The van der Waals surface area contributed by atoms with Crippen LogP contribution in [-0.2, 0) is 4.79 Å². The van der Waals surface area contributed by atoms with Gasteiger partial charge in [-0.2, -0.15) is 0 Å². The number of aromatic nitrogens is 1. The third kappa shape index (κ3) is 2.81. The summed E-state index contributed by atoms with van der Waals surface area (Å²) in [5.41, 5.74) is 0.885. The SMILES string of the molecule is C[C@@H](c1ccccn1)N(C)CC(=O)O. The Labute approximate surface area is 83.2 Å². The molecule has 14 heavy (non-hydrogen) atoms. The lowest BCUT2D eigenvalue weighted by molar-refractivity contribution is -0.138. The maximum absolute atomic E-state index is 10.5. The number of pyridine rings is 1. The Bertz CT molecular complexity index is 300. The predicted octanol–water partition coefficient (Wildman–Crippen LogP) is 1.16. The molecule has 0 aliphatic carbocycles. The van der Waals surface area contributed by atoms with E-state index in [2.05, 4.69) is 4.98 Å². The fourth-order valence-electron chi connectivity index (χ4n) is 1.20. The van der Waals surface area contributed by atoms with E-state index in [9.17, 15) is 4.79 Å². The van der Waals surface area contributed by atoms with E-state index in [-0.39, 0.29) is 12.6 Å². The number of rotatable bonds is 4. The van der Waals surface area contributed by atoms with Crippen LogP contribution in [-0.4, -0.2) is 34.6 Å². The van der Waals surface area contributed by atoms with Crippen molar-refractivity contribution >= 4 is 5.97 Å². The average Bonchev–Trinajstić information content (AvgIpc) is 2.17. The summed E-state index contributed by atoms with van der Waals surface area (Å²) in [4.78, 5) is 16.4. The Morgan fingerprint density at radius 1 is 1.64 bits per heavy atom. The zero-order valence-corrected chi connectivity index (χ0v) is 8.34. The van der Waals surface area contributed by atoms with Crippen LogP contribution in [0.2, 0.25) is 0 Å². The Balaban J connectivity index is 2.65. The van der Waals surface area contributed by atoms with Gasteiger partial charge in [0.05, 0.1) is 12.2 Å². The molecule has 1 aromatic heterocycles. The third-order valence-electron chi connectivity index (χ3n) is 2.16. The number of hydrogen-bond acceptors (Lipinski definition) is 3. The topological polar surface area (TPSA) is 53.4 Å². The third-order valence-corrected chi connectivity index (χ3v) is 2.16. The molecule has 0 spiro atoms. The minimum absolute atomic E-state index is 0.0206. The largest absolute Gasteiger partial charge is 0.480 e. The molecule has 0 amide bonds. The highest BCUT2D eigenvalue weighted by Crippen LogP contribution is 2.14. The molecular formula is C10H14N2O2. The zero-order valence-electron chi connectivity index (χ0n) is 8.34. The Morgan fingerprint density at radius 2 is 2.36 bits per heavy atom. The summed E-state index contributed by atoms with van der Waals surface area (Å²) in [6.07, 6.45) is 1.71. The van der Waals surface area contributed by atoms with Crippen molar-refractivity contribution in [1.29, 1.82) is 0 Å². The fourth-order valence-corrected chi connectivity index (χ4v) is 1.20. The minimum Gasteiger partial charge on any atom is -0.480 e. The summed E-state index contributed by atoms with van der Waals surface area (Å²) < 4.78 is 0. The van der Waals surface area contributed by atoms with Gasteiger partial charge in [-0.1, -0.05) is 6.07 Å². The van der Waals surface area contributed by atoms with Gasteiger partial charge in [-0.05, 0) is 26.1 Å². The highest BCUT2D eigenvalue weighted by molar-refractivity contribution is 5.69. The van der Waals surface area contributed by atoms with Crippen LogP contribution in [0.4, 0.5) is 0 Å². The molecule has 0 saturated carbocycles. The number of likely N-dealkylation sites (N-methyl/N-ethyl adjacent to an activating group) is 1. The smallest absolute Gasteiger partial charge is 0.317 e. The van der Waals surface area contributed by atoms with Gasteiger partial charge in [0, 0.05) is 12.2 Å². The fraction of sp³-hybridized carbons (Fsp3) is 0.400. The van der Waals surface area contributed by atoms with Crippen molar-refractivity contribution in [1.82, 2.24) is 9.88 Å². The predicted molar refractivity (Wildman–Crippen MR) is 52.9 cm³/mol. The van der Waals surface area contributed by atoms with Gasteiger partial charge in [0.15, 0.2) is 0 Å².